The molecule has 2 aromatic heterocycles. The minimum Gasteiger partial charge on any atom is -0.461 e. The van der Waals surface area contributed by atoms with Crippen molar-refractivity contribution in [1.29, 1.82) is 0 Å². The number of para-hydroxylation sites is 1. The van der Waals surface area contributed by atoms with Gasteiger partial charge in [-0.3, -0.25) is 18.7 Å². The number of anilines is 1. The van der Waals surface area contributed by atoms with Crippen LogP contribution in [0.5, 0.6) is 5.75 Å². The molecule has 3 aromatic rings. The lowest BCUT2D eigenvalue weighted by molar-refractivity contribution is -0.167. The molecule has 46 heavy (non-hydrogen) atoms. The van der Waals surface area contributed by atoms with Gasteiger partial charge in [0.25, 0.3) is 0 Å². The standard InChI is InChI=1S/C30H40FN6O8P/c1-18(2)27(38)43-22-15-23(37-17-33-24-25(32)34-29(31)35-26(24)37)44-30(22,4)16-41-46(40,45-21-13-9-6-10-14-21)36-19(3)28(39)42-20-11-7-5-8-12-20/h6,9-10,13-14,17-20,22-23H,5,7-8,11-12,15-16H2,1-4H3,(H,36,40)(H2,32,34,35)/t19-,22-,23+,30+,46-/m0/s1. The Kier molecular flexibility index (Phi) is 10.3. The average Bonchev–Trinajstić information content (AvgIpc) is 3.58. The van der Waals surface area contributed by atoms with Crippen molar-refractivity contribution in [3.8, 4) is 5.75 Å². The summed E-state index contributed by atoms with van der Waals surface area (Å²) in [6.45, 7) is 6.12. The summed E-state index contributed by atoms with van der Waals surface area (Å²) in [5.41, 5.74) is 4.70. The van der Waals surface area contributed by atoms with Gasteiger partial charge in [-0.25, -0.2) is 9.55 Å². The number of hydrogen-bond donors (Lipinski definition) is 2. The van der Waals surface area contributed by atoms with Gasteiger partial charge in [-0.2, -0.15) is 19.4 Å². The molecule has 2 fully saturated rings. The monoisotopic (exact) mass is 662 g/mol. The zero-order valence-electron chi connectivity index (χ0n) is 26.3. The third-order valence-electron chi connectivity index (χ3n) is 7.99. The normalized spacial score (nSPS) is 24.0. The number of carbonyl (C=O) groups excluding carboxylic acids is 2. The summed E-state index contributed by atoms with van der Waals surface area (Å²) in [4.78, 5) is 37.3. The maximum atomic E-state index is 14.3. The second-order valence-electron chi connectivity index (χ2n) is 12.1. The van der Waals surface area contributed by atoms with Crippen molar-refractivity contribution in [1.82, 2.24) is 24.6 Å². The Balaban J connectivity index is 1.38. The van der Waals surface area contributed by atoms with Crippen LogP contribution in [0.2, 0.25) is 0 Å². The summed E-state index contributed by atoms with van der Waals surface area (Å²) in [6, 6.07) is 7.30. The summed E-state index contributed by atoms with van der Waals surface area (Å²) in [6.07, 6.45) is 3.06. The van der Waals surface area contributed by atoms with Crippen molar-refractivity contribution in [3.05, 3.63) is 42.7 Å². The summed E-state index contributed by atoms with van der Waals surface area (Å²) < 4.78 is 59.5. The number of hydrogen-bond acceptors (Lipinski definition) is 12. The van der Waals surface area contributed by atoms with Crippen LogP contribution in [0, 0.1) is 12.0 Å². The summed E-state index contributed by atoms with van der Waals surface area (Å²) in [5.74, 6) is -1.44. The molecule has 16 heteroatoms. The number of benzene rings is 1. The topological polar surface area (TPSA) is 179 Å². The summed E-state index contributed by atoms with van der Waals surface area (Å²) >= 11 is 0. The Morgan fingerprint density at radius 1 is 1.13 bits per heavy atom. The number of imidazole rings is 1. The van der Waals surface area contributed by atoms with Crippen LogP contribution in [-0.2, 0) is 32.9 Å². The Morgan fingerprint density at radius 2 is 1.85 bits per heavy atom. The first-order chi connectivity index (χ1) is 21.9. The Morgan fingerprint density at radius 3 is 2.54 bits per heavy atom. The maximum Gasteiger partial charge on any atom is 0.459 e. The molecule has 1 saturated heterocycles. The molecule has 0 spiro atoms. The smallest absolute Gasteiger partial charge is 0.459 e. The fourth-order valence-corrected chi connectivity index (χ4v) is 6.98. The molecule has 0 radical (unpaired) electrons. The van der Waals surface area contributed by atoms with Gasteiger partial charge in [0.1, 0.15) is 35.8 Å². The highest BCUT2D eigenvalue weighted by Gasteiger charge is 2.51. The van der Waals surface area contributed by atoms with E-state index in [1.807, 2.05) is 0 Å². The lowest BCUT2D eigenvalue weighted by Crippen LogP contribution is -2.45. The predicted molar refractivity (Wildman–Crippen MR) is 164 cm³/mol. The fraction of sp³-hybridized carbons (Fsp3) is 0.567. The predicted octanol–water partition coefficient (Wildman–Crippen LogP) is 4.85. The van der Waals surface area contributed by atoms with Crippen LogP contribution in [0.25, 0.3) is 11.2 Å². The third kappa shape index (κ3) is 7.83. The summed E-state index contributed by atoms with van der Waals surface area (Å²) in [7, 11) is -4.29. The highest BCUT2D eigenvalue weighted by Crippen LogP contribution is 2.48. The number of aromatic nitrogens is 4. The first-order valence-electron chi connectivity index (χ1n) is 15.4. The van der Waals surface area contributed by atoms with Crippen molar-refractivity contribution < 1.29 is 41.8 Å². The number of nitrogens with two attached hydrogens (primary N) is 1. The van der Waals surface area contributed by atoms with Gasteiger partial charge in [0.15, 0.2) is 17.0 Å². The molecule has 0 bridgehead atoms. The molecule has 5 rings (SSSR count). The van der Waals surface area contributed by atoms with Gasteiger partial charge < -0.3 is 24.5 Å². The molecule has 250 valence electrons. The van der Waals surface area contributed by atoms with Crippen LogP contribution in [0.4, 0.5) is 10.2 Å². The Hall–Kier alpha value is -3.65. The van der Waals surface area contributed by atoms with Crippen molar-refractivity contribution in [2.45, 2.75) is 96.3 Å². The van der Waals surface area contributed by atoms with Gasteiger partial charge in [0.2, 0.25) is 0 Å². The van der Waals surface area contributed by atoms with Gasteiger partial charge in [-0.1, -0.05) is 38.5 Å². The van der Waals surface area contributed by atoms with E-state index in [2.05, 4.69) is 20.0 Å². The molecule has 1 aliphatic heterocycles. The zero-order chi connectivity index (χ0) is 33.1. The third-order valence-corrected chi connectivity index (χ3v) is 9.62. The van der Waals surface area contributed by atoms with Gasteiger partial charge >= 0.3 is 25.8 Å². The molecule has 1 aliphatic carbocycles. The molecule has 3 N–H and O–H groups in total. The van der Waals surface area contributed by atoms with Crippen LogP contribution >= 0.6 is 7.75 Å². The second kappa shape index (κ2) is 14.0. The van der Waals surface area contributed by atoms with E-state index in [0.29, 0.717) is 0 Å². The van der Waals surface area contributed by atoms with Crippen LogP contribution in [0.3, 0.4) is 0 Å². The Bertz CT molecular complexity index is 1590. The maximum absolute atomic E-state index is 14.3. The van der Waals surface area contributed by atoms with E-state index in [4.69, 9.17) is 29.0 Å². The van der Waals surface area contributed by atoms with Crippen LogP contribution in [0.15, 0.2) is 36.7 Å². The highest BCUT2D eigenvalue weighted by molar-refractivity contribution is 7.52. The van der Waals surface area contributed by atoms with E-state index in [0.717, 1.165) is 32.1 Å². The second-order valence-corrected chi connectivity index (χ2v) is 13.8. The van der Waals surface area contributed by atoms with Crippen LogP contribution in [-0.4, -0.2) is 61.9 Å². The molecule has 3 heterocycles. The molecule has 0 unspecified atom stereocenters. The largest absolute Gasteiger partial charge is 0.461 e. The van der Waals surface area contributed by atoms with Crippen molar-refractivity contribution in [2.75, 3.05) is 12.3 Å². The van der Waals surface area contributed by atoms with E-state index in [-0.39, 0.29) is 35.3 Å². The number of esters is 2. The molecule has 14 nitrogen and oxygen atoms in total. The van der Waals surface area contributed by atoms with E-state index in [9.17, 15) is 18.5 Å². The minimum absolute atomic E-state index is 0.0826. The fourth-order valence-electron chi connectivity index (χ4n) is 5.40. The molecule has 1 aromatic carbocycles. The first kappa shape index (κ1) is 33.7. The van der Waals surface area contributed by atoms with E-state index in [1.165, 1.54) is 17.8 Å². The average molecular weight is 663 g/mol. The van der Waals surface area contributed by atoms with Crippen LogP contribution in [0.1, 0.15) is 72.4 Å². The number of carbonyl (C=O) groups is 2. The van der Waals surface area contributed by atoms with Crippen LogP contribution < -0.4 is 15.3 Å². The van der Waals surface area contributed by atoms with E-state index >= 15 is 0 Å². The highest BCUT2D eigenvalue weighted by atomic mass is 31.2. The number of nitrogens with zero attached hydrogens (tertiary/aromatic N) is 4. The zero-order valence-corrected chi connectivity index (χ0v) is 27.2. The SMILES string of the molecule is CC(C)C(=O)O[C@H]1C[C@H](n2cnc3c(N)nc(F)nc32)O[C@]1(C)CO[P@@](=O)(N[C@@H](C)C(=O)OC1CCCCC1)Oc1ccccc1. The van der Waals surface area contributed by atoms with Gasteiger partial charge in [0.05, 0.1) is 18.9 Å². The lowest BCUT2D eigenvalue weighted by atomic mass is 9.98. The number of fused-ring (bicyclic) bond motifs is 1. The number of rotatable bonds is 12. The quantitative estimate of drug-likeness (QED) is 0.153. The van der Waals surface area contributed by atoms with Crippen molar-refractivity contribution >= 4 is 36.7 Å². The number of ether oxygens (including phenoxy) is 3. The van der Waals surface area contributed by atoms with Gasteiger partial charge in [-0.05, 0) is 51.7 Å². The Labute approximate surface area is 266 Å². The molecular weight excluding hydrogens is 622 g/mol. The molecule has 1 saturated carbocycles. The van der Waals surface area contributed by atoms with Gasteiger partial charge in [0, 0.05) is 6.42 Å². The number of nitrogens with one attached hydrogen (secondary N) is 1. The molecule has 2 aliphatic rings. The molecule has 0 amide bonds. The molecule has 5 atom stereocenters. The number of halogens is 1. The minimum atomic E-state index is -4.29. The molecular formula is C30H40FN6O8P. The van der Waals surface area contributed by atoms with Crippen molar-refractivity contribution in [2.24, 2.45) is 5.92 Å². The van der Waals surface area contributed by atoms with E-state index in [1.54, 1.807) is 51.1 Å². The summed E-state index contributed by atoms with van der Waals surface area (Å²) in [5, 5.41) is 2.71. The number of nitrogen functional groups attached to an aromatic ring is 1. The van der Waals surface area contributed by atoms with E-state index < -0.39 is 62.3 Å². The van der Waals surface area contributed by atoms with Gasteiger partial charge in [-0.15, -0.1) is 0 Å². The lowest BCUT2D eigenvalue weighted by Gasteiger charge is -2.32. The first-order valence-corrected chi connectivity index (χ1v) is 16.9. The van der Waals surface area contributed by atoms with Crippen molar-refractivity contribution in [3.63, 3.8) is 0 Å².